The van der Waals surface area contributed by atoms with E-state index >= 15 is 0 Å². The lowest BCUT2D eigenvalue weighted by molar-refractivity contribution is 0.804. The highest BCUT2D eigenvalue weighted by atomic mass is 15.4. The van der Waals surface area contributed by atoms with Crippen molar-refractivity contribution in [3.63, 3.8) is 0 Å². The molecule has 0 saturated carbocycles. The summed E-state index contributed by atoms with van der Waals surface area (Å²) in [5.41, 5.74) is 8.28. The van der Waals surface area contributed by atoms with Crippen LogP contribution >= 0.6 is 0 Å². The Morgan fingerprint density at radius 3 is 2.19 bits per heavy atom. The van der Waals surface area contributed by atoms with Crippen molar-refractivity contribution in [2.24, 2.45) is 0 Å². The van der Waals surface area contributed by atoms with Gasteiger partial charge in [-0.3, -0.25) is 4.98 Å². The molecule has 3 heterocycles. The van der Waals surface area contributed by atoms with E-state index in [1.165, 1.54) is 21.8 Å². The fourth-order valence-electron chi connectivity index (χ4n) is 4.85. The number of pyridine rings is 1. The summed E-state index contributed by atoms with van der Waals surface area (Å²) in [5.74, 6) is 0. The van der Waals surface area contributed by atoms with Crippen molar-refractivity contribution in [2.45, 2.75) is 0 Å². The fraction of sp³-hybridized carbons (Fsp3) is 0. The lowest BCUT2D eigenvalue weighted by Crippen LogP contribution is -1.95. The highest BCUT2D eigenvalue weighted by Crippen LogP contribution is 2.34. The number of hydrogen-bond donors (Lipinski definition) is 0. The molecule has 3 aromatic heterocycles. The van der Waals surface area contributed by atoms with Gasteiger partial charge in [0.15, 0.2) is 0 Å². The standard InChI is InChI=1S/C31H21N5/c1-2-10-24(11-3-1)36-30-15-5-4-13-26(30)27-20-23(16-17-31(27)36)29-21-35(34-33-29)25-12-8-9-22(19-25)28-14-6-7-18-32-28/h1-21H. The minimum absolute atomic E-state index is 0.830. The van der Waals surface area contributed by atoms with Gasteiger partial charge in [0, 0.05) is 33.8 Å². The van der Waals surface area contributed by atoms with Crippen LogP contribution in [0.5, 0.6) is 0 Å². The second kappa shape index (κ2) is 8.32. The Balaban J connectivity index is 1.32. The van der Waals surface area contributed by atoms with Crippen LogP contribution in [0.3, 0.4) is 0 Å². The number of fused-ring (bicyclic) bond motifs is 3. The predicted molar refractivity (Wildman–Crippen MR) is 144 cm³/mol. The molecule has 5 heteroatoms. The van der Waals surface area contributed by atoms with Gasteiger partial charge in [-0.1, -0.05) is 65.9 Å². The molecule has 0 radical (unpaired) electrons. The van der Waals surface area contributed by atoms with Crippen molar-refractivity contribution >= 4 is 21.8 Å². The second-order valence-electron chi connectivity index (χ2n) is 8.73. The van der Waals surface area contributed by atoms with Crippen LogP contribution in [-0.4, -0.2) is 24.5 Å². The minimum Gasteiger partial charge on any atom is -0.309 e. The Morgan fingerprint density at radius 2 is 1.31 bits per heavy atom. The number of nitrogens with zero attached hydrogens (tertiary/aromatic N) is 5. The topological polar surface area (TPSA) is 48.5 Å². The van der Waals surface area contributed by atoms with Gasteiger partial charge in [-0.2, -0.15) is 0 Å². The van der Waals surface area contributed by atoms with Crippen LogP contribution in [0.15, 0.2) is 128 Å². The van der Waals surface area contributed by atoms with Crippen LogP contribution in [0.25, 0.3) is 55.7 Å². The zero-order valence-corrected chi connectivity index (χ0v) is 19.4. The second-order valence-corrected chi connectivity index (χ2v) is 8.73. The van der Waals surface area contributed by atoms with E-state index in [4.69, 9.17) is 0 Å². The van der Waals surface area contributed by atoms with Gasteiger partial charge in [-0.25, -0.2) is 4.68 Å². The van der Waals surface area contributed by atoms with E-state index in [1.807, 2.05) is 47.3 Å². The number of rotatable bonds is 4. The van der Waals surface area contributed by atoms with Gasteiger partial charge in [-0.15, -0.1) is 5.10 Å². The molecule has 0 aliphatic heterocycles. The van der Waals surface area contributed by atoms with Gasteiger partial charge in [0.05, 0.1) is 28.6 Å². The predicted octanol–water partition coefficient (Wildman–Crippen LogP) is 7.09. The fourth-order valence-corrected chi connectivity index (χ4v) is 4.85. The largest absolute Gasteiger partial charge is 0.309 e. The van der Waals surface area contributed by atoms with Gasteiger partial charge in [0.25, 0.3) is 0 Å². The van der Waals surface area contributed by atoms with E-state index in [1.54, 1.807) is 6.20 Å². The maximum absolute atomic E-state index is 4.51. The summed E-state index contributed by atoms with van der Waals surface area (Å²) in [7, 11) is 0. The number of benzene rings is 4. The number of aromatic nitrogens is 5. The summed E-state index contributed by atoms with van der Waals surface area (Å²) in [6.07, 6.45) is 3.79. The van der Waals surface area contributed by atoms with Gasteiger partial charge in [-0.05, 0) is 54.6 Å². The summed E-state index contributed by atoms with van der Waals surface area (Å²) < 4.78 is 4.13. The molecular weight excluding hydrogens is 442 g/mol. The molecule has 7 rings (SSSR count). The summed E-state index contributed by atoms with van der Waals surface area (Å²) >= 11 is 0. The third-order valence-corrected chi connectivity index (χ3v) is 6.55. The highest BCUT2D eigenvalue weighted by Gasteiger charge is 2.14. The Bertz CT molecular complexity index is 1830. The van der Waals surface area contributed by atoms with Gasteiger partial charge in [0.2, 0.25) is 0 Å². The molecule has 0 saturated heterocycles. The molecule has 0 N–H and O–H groups in total. The molecule has 5 nitrogen and oxygen atoms in total. The van der Waals surface area contributed by atoms with E-state index in [-0.39, 0.29) is 0 Å². The third-order valence-electron chi connectivity index (χ3n) is 6.55. The first-order valence-electron chi connectivity index (χ1n) is 11.9. The molecule has 170 valence electrons. The smallest absolute Gasteiger partial charge is 0.113 e. The summed E-state index contributed by atoms with van der Waals surface area (Å²) in [5, 5.41) is 11.4. The monoisotopic (exact) mass is 463 g/mol. The Morgan fingerprint density at radius 1 is 0.528 bits per heavy atom. The first-order valence-corrected chi connectivity index (χ1v) is 11.9. The van der Waals surface area contributed by atoms with Crippen molar-refractivity contribution in [3.8, 4) is 33.9 Å². The van der Waals surface area contributed by atoms with Crippen LogP contribution in [0, 0.1) is 0 Å². The van der Waals surface area contributed by atoms with Crippen molar-refractivity contribution < 1.29 is 0 Å². The van der Waals surface area contributed by atoms with Crippen LogP contribution in [0.2, 0.25) is 0 Å². The van der Waals surface area contributed by atoms with Crippen LogP contribution < -0.4 is 0 Å². The van der Waals surface area contributed by atoms with Gasteiger partial charge >= 0.3 is 0 Å². The SMILES string of the molecule is c1ccc(-n2c3ccccc3c3cc(-c4cn(-c5cccc(-c6ccccn6)c5)nn4)ccc32)cc1. The van der Waals surface area contributed by atoms with E-state index in [2.05, 4.69) is 98.7 Å². The van der Waals surface area contributed by atoms with Crippen molar-refractivity contribution in [2.75, 3.05) is 0 Å². The quantitative estimate of drug-likeness (QED) is 0.280. The molecule has 0 fully saturated rings. The Kier molecular flexibility index (Phi) is 4.71. The average molecular weight is 464 g/mol. The highest BCUT2D eigenvalue weighted by molar-refractivity contribution is 6.10. The molecule has 0 unspecified atom stereocenters. The lowest BCUT2D eigenvalue weighted by atomic mass is 10.1. The van der Waals surface area contributed by atoms with E-state index in [0.29, 0.717) is 0 Å². The number of hydrogen-bond acceptors (Lipinski definition) is 3. The molecule has 0 aliphatic rings. The molecule has 4 aromatic carbocycles. The van der Waals surface area contributed by atoms with Crippen LogP contribution in [0.1, 0.15) is 0 Å². The third kappa shape index (κ3) is 3.37. The zero-order valence-electron chi connectivity index (χ0n) is 19.4. The number of para-hydroxylation sites is 2. The minimum atomic E-state index is 0.830. The Labute approximate surface area is 207 Å². The maximum Gasteiger partial charge on any atom is 0.113 e. The molecular formula is C31H21N5. The first-order chi connectivity index (χ1) is 17.8. The van der Waals surface area contributed by atoms with Crippen LogP contribution in [0.4, 0.5) is 0 Å². The van der Waals surface area contributed by atoms with Crippen molar-refractivity contribution in [3.05, 3.63) is 128 Å². The average Bonchev–Trinajstić information content (AvgIpc) is 3.57. The van der Waals surface area contributed by atoms with E-state index < -0.39 is 0 Å². The Hall–Kier alpha value is -5.03. The maximum atomic E-state index is 4.51. The van der Waals surface area contributed by atoms with E-state index in [0.717, 1.165) is 33.9 Å². The molecule has 0 amide bonds. The van der Waals surface area contributed by atoms with Crippen molar-refractivity contribution in [1.82, 2.24) is 24.5 Å². The first kappa shape index (κ1) is 20.4. The normalized spacial score (nSPS) is 11.3. The molecule has 0 bridgehead atoms. The molecule has 7 aromatic rings. The summed E-state index contributed by atoms with van der Waals surface area (Å²) in [4.78, 5) is 4.47. The molecule has 36 heavy (non-hydrogen) atoms. The van der Waals surface area contributed by atoms with E-state index in [9.17, 15) is 0 Å². The summed E-state index contributed by atoms with van der Waals surface area (Å²) in [6, 6.07) is 39.6. The van der Waals surface area contributed by atoms with Gasteiger partial charge in [0.1, 0.15) is 5.69 Å². The molecule has 0 spiro atoms. The lowest BCUT2D eigenvalue weighted by Gasteiger charge is -2.07. The van der Waals surface area contributed by atoms with Gasteiger partial charge < -0.3 is 4.57 Å². The summed E-state index contributed by atoms with van der Waals surface area (Å²) in [6.45, 7) is 0. The van der Waals surface area contributed by atoms with Crippen LogP contribution in [-0.2, 0) is 0 Å². The molecule has 0 aliphatic carbocycles. The van der Waals surface area contributed by atoms with Crippen molar-refractivity contribution in [1.29, 1.82) is 0 Å². The zero-order chi connectivity index (χ0) is 23.9. The molecule has 0 atom stereocenters.